The molecule has 0 fully saturated rings. The van der Waals surface area contributed by atoms with Crippen molar-refractivity contribution in [2.45, 2.75) is 75.7 Å². The van der Waals surface area contributed by atoms with Crippen LogP contribution < -0.4 is 0 Å². The summed E-state index contributed by atoms with van der Waals surface area (Å²) >= 11 is 0. The Morgan fingerprint density at radius 1 is 0.588 bits per heavy atom. The molecule has 0 atom stereocenters. The average molecular weight is 243 g/mol. The summed E-state index contributed by atoms with van der Waals surface area (Å²) in [4.78, 5) is 3.78. The van der Waals surface area contributed by atoms with Crippen LogP contribution in [0.2, 0.25) is 0 Å². The SMILES string of the molecule is CC.CC.CC.CC.CCC.c1ccncc1. The maximum absolute atomic E-state index is 3.78. The van der Waals surface area contributed by atoms with Gasteiger partial charge in [0, 0.05) is 12.4 Å². The van der Waals surface area contributed by atoms with E-state index < -0.39 is 0 Å². The van der Waals surface area contributed by atoms with Gasteiger partial charge < -0.3 is 0 Å². The zero-order valence-electron chi connectivity index (χ0n) is 14.0. The number of hydrogen-bond donors (Lipinski definition) is 0. The fraction of sp³-hybridized carbons (Fsp3) is 0.688. The second kappa shape index (κ2) is 80.2. The molecule has 0 saturated heterocycles. The van der Waals surface area contributed by atoms with E-state index in [4.69, 9.17) is 0 Å². The van der Waals surface area contributed by atoms with Gasteiger partial charge in [-0.1, -0.05) is 81.7 Å². The van der Waals surface area contributed by atoms with Gasteiger partial charge in [0.15, 0.2) is 0 Å². The molecule has 0 aliphatic carbocycles. The van der Waals surface area contributed by atoms with E-state index in [0.29, 0.717) is 0 Å². The highest BCUT2D eigenvalue weighted by molar-refractivity contribution is 4.88. The zero-order valence-corrected chi connectivity index (χ0v) is 14.0. The molecule has 1 heterocycles. The minimum Gasteiger partial charge on any atom is -0.265 e. The molecule has 0 unspecified atom stereocenters. The second-order valence-corrected chi connectivity index (χ2v) is 1.73. The van der Waals surface area contributed by atoms with Gasteiger partial charge in [0.25, 0.3) is 0 Å². The van der Waals surface area contributed by atoms with Crippen molar-refractivity contribution in [3.8, 4) is 0 Å². The average Bonchev–Trinajstić information content (AvgIpc) is 2.50. The van der Waals surface area contributed by atoms with Gasteiger partial charge in [-0.2, -0.15) is 0 Å². The van der Waals surface area contributed by atoms with E-state index in [2.05, 4.69) is 18.8 Å². The first-order valence-corrected chi connectivity index (χ1v) is 7.26. The highest BCUT2D eigenvalue weighted by Crippen LogP contribution is 1.73. The highest BCUT2D eigenvalue weighted by atomic mass is 14.6. The number of pyridine rings is 1. The summed E-state index contributed by atoms with van der Waals surface area (Å²) < 4.78 is 0. The topological polar surface area (TPSA) is 12.9 Å². The van der Waals surface area contributed by atoms with Gasteiger partial charge in [0.05, 0.1) is 0 Å². The van der Waals surface area contributed by atoms with Crippen molar-refractivity contribution in [2.24, 2.45) is 0 Å². The molecule has 0 saturated carbocycles. The van der Waals surface area contributed by atoms with E-state index >= 15 is 0 Å². The Hall–Kier alpha value is -0.850. The Morgan fingerprint density at radius 2 is 0.824 bits per heavy atom. The summed E-state index contributed by atoms with van der Waals surface area (Å²) in [7, 11) is 0. The summed E-state index contributed by atoms with van der Waals surface area (Å²) in [6.07, 6.45) is 4.75. The van der Waals surface area contributed by atoms with Gasteiger partial charge in [0.2, 0.25) is 0 Å². The van der Waals surface area contributed by atoms with Crippen molar-refractivity contribution >= 4 is 0 Å². The summed E-state index contributed by atoms with van der Waals surface area (Å²) in [5, 5.41) is 0. The van der Waals surface area contributed by atoms with Crippen molar-refractivity contribution in [3.63, 3.8) is 0 Å². The van der Waals surface area contributed by atoms with Crippen molar-refractivity contribution < 1.29 is 0 Å². The van der Waals surface area contributed by atoms with E-state index in [-0.39, 0.29) is 0 Å². The van der Waals surface area contributed by atoms with Gasteiger partial charge in [-0.3, -0.25) is 4.98 Å². The third kappa shape index (κ3) is 98.8. The molecule has 0 amide bonds. The minimum absolute atomic E-state index is 1.25. The third-order valence-electron chi connectivity index (χ3n) is 0.566. The quantitative estimate of drug-likeness (QED) is 0.500. The number of rotatable bonds is 0. The summed E-state index contributed by atoms with van der Waals surface area (Å²) in [5.74, 6) is 0. The molecule has 1 rings (SSSR count). The number of nitrogens with zero attached hydrogens (tertiary/aromatic N) is 1. The predicted molar refractivity (Wildman–Crippen MR) is 85.6 cm³/mol. The standard InChI is InChI=1S/C5H5N.C3H8.4C2H6/c1-2-4-6-5-3-1;1-3-2;4*1-2/h1-5H;3H2,1-2H3;4*1-2H3. The van der Waals surface area contributed by atoms with Crippen LogP contribution in [0, 0.1) is 0 Å². The second-order valence-electron chi connectivity index (χ2n) is 1.73. The van der Waals surface area contributed by atoms with Gasteiger partial charge >= 0.3 is 0 Å². The minimum atomic E-state index is 1.25. The Balaban J connectivity index is -0.0000000382. The lowest BCUT2D eigenvalue weighted by Gasteiger charge is -1.70. The van der Waals surface area contributed by atoms with Gasteiger partial charge in [-0.05, 0) is 12.1 Å². The molecule has 0 N–H and O–H groups in total. The predicted octanol–water partition coefficient (Wildman–Crippen LogP) is 6.60. The molecule has 0 aromatic carbocycles. The molecule has 0 aliphatic rings. The molecule has 0 bridgehead atoms. The smallest absolute Gasteiger partial charge is 0.0267 e. The van der Waals surface area contributed by atoms with E-state index in [1.54, 1.807) is 12.4 Å². The number of hydrogen-bond acceptors (Lipinski definition) is 1. The molecule has 106 valence electrons. The van der Waals surface area contributed by atoms with E-state index in [1.165, 1.54) is 6.42 Å². The van der Waals surface area contributed by atoms with Crippen molar-refractivity contribution in [1.82, 2.24) is 4.98 Å². The van der Waals surface area contributed by atoms with E-state index in [9.17, 15) is 0 Å². The van der Waals surface area contributed by atoms with Gasteiger partial charge in [-0.25, -0.2) is 0 Å². The lowest BCUT2D eigenvalue weighted by Crippen LogP contribution is -1.58. The van der Waals surface area contributed by atoms with Crippen molar-refractivity contribution in [2.75, 3.05) is 0 Å². The fourth-order valence-corrected chi connectivity index (χ4v) is 0.313. The molecule has 0 radical (unpaired) electrons. The van der Waals surface area contributed by atoms with Crippen LogP contribution in [0.15, 0.2) is 30.6 Å². The largest absolute Gasteiger partial charge is 0.265 e. The summed E-state index contributed by atoms with van der Waals surface area (Å²) in [6, 6.07) is 5.72. The molecule has 1 aromatic heterocycles. The highest BCUT2D eigenvalue weighted by Gasteiger charge is 1.58. The van der Waals surface area contributed by atoms with Crippen LogP contribution in [0.5, 0.6) is 0 Å². The lowest BCUT2D eigenvalue weighted by atomic mass is 10.5. The van der Waals surface area contributed by atoms with E-state index in [1.807, 2.05) is 73.6 Å². The normalized spacial score (nSPS) is 5.29. The van der Waals surface area contributed by atoms with Crippen LogP contribution in [0.25, 0.3) is 0 Å². The number of aromatic nitrogens is 1. The van der Waals surface area contributed by atoms with Crippen LogP contribution in [0.4, 0.5) is 0 Å². The first-order chi connectivity index (χ1) is 8.41. The molecule has 1 nitrogen and oxygen atoms in total. The molecule has 0 spiro atoms. The van der Waals surface area contributed by atoms with Crippen LogP contribution in [-0.2, 0) is 0 Å². The Morgan fingerprint density at radius 3 is 0.882 bits per heavy atom. The molecule has 17 heavy (non-hydrogen) atoms. The van der Waals surface area contributed by atoms with Crippen LogP contribution >= 0.6 is 0 Å². The van der Waals surface area contributed by atoms with Crippen molar-refractivity contribution in [1.29, 1.82) is 0 Å². The van der Waals surface area contributed by atoms with Crippen LogP contribution in [0.3, 0.4) is 0 Å². The van der Waals surface area contributed by atoms with Crippen molar-refractivity contribution in [3.05, 3.63) is 30.6 Å². The summed E-state index contributed by atoms with van der Waals surface area (Å²) in [5.41, 5.74) is 0. The summed E-state index contributed by atoms with van der Waals surface area (Å²) in [6.45, 7) is 20.2. The lowest BCUT2D eigenvalue weighted by molar-refractivity contribution is 1.09. The Kier molecular flexibility index (Phi) is 141. The first-order valence-electron chi connectivity index (χ1n) is 7.26. The van der Waals surface area contributed by atoms with Crippen LogP contribution in [-0.4, -0.2) is 4.98 Å². The van der Waals surface area contributed by atoms with Crippen LogP contribution in [0.1, 0.15) is 75.7 Å². The molecule has 1 aromatic rings. The van der Waals surface area contributed by atoms with Gasteiger partial charge in [-0.15, -0.1) is 0 Å². The fourth-order valence-electron chi connectivity index (χ4n) is 0.313. The maximum Gasteiger partial charge on any atom is 0.0267 e. The molecular formula is C16H37N. The first kappa shape index (κ1) is 29.8. The maximum atomic E-state index is 3.78. The molecule has 1 heteroatoms. The Labute approximate surface area is 112 Å². The van der Waals surface area contributed by atoms with Gasteiger partial charge in [0.1, 0.15) is 0 Å². The molecular weight excluding hydrogens is 206 g/mol. The third-order valence-corrected chi connectivity index (χ3v) is 0.566. The Bertz CT molecular complexity index is 88.4. The van der Waals surface area contributed by atoms with E-state index in [0.717, 1.165) is 0 Å². The molecule has 0 aliphatic heterocycles. The monoisotopic (exact) mass is 243 g/mol. The zero-order chi connectivity index (χ0) is 14.9.